The third-order valence-electron chi connectivity index (χ3n) is 4.39. The van der Waals surface area contributed by atoms with Gasteiger partial charge in [0, 0.05) is 16.5 Å². The summed E-state index contributed by atoms with van der Waals surface area (Å²) in [6.07, 6.45) is 0. The van der Waals surface area contributed by atoms with E-state index in [-0.39, 0.29) is 15.6 Å². The quantitative estimate of drug-likeness (QED) is 0.498. The van der Waals surface area contributed by atoms with E-state index in [9.17, 15) is 13.2 Å². The first-order valence-corrected chi connectivity index (χ1v) is 10.8. The second-order valence-electron chi connectivity index (χ2n) is 6.39. The summed E-state index contributed by atoms with van der Waals surface area (Å²) in [4.78, 5) is 19.1. The number of anilines is 1. The number of oxazole rings is 1. The number of rotatable bonds is 5. The number of benzene rings is 2. The molecule has 4 rings (SSSR count). The molecule has 29 heavy (non-hydrogen) atoms. The number of ether oxygens (including phenoxy) is 1. The molecule has 0 aliphatic rings. The van der Waals surface area contributed by atoms with Crippen molar-refractivity contribution < 1.29 is 17.6 Å². The molecule has 0 aliphatic heterocycles. The maximum absolute atomic E-state index is 12.8. The molecule has 0 spiro atoms. The molecule has 0 radical (unpaired) electrons. The van der Waals surface area contributed by atoms with Crippen molar-refractivity contribution in [2.75, 3.05) is 11.8 Å². The first kappa shape index (κ1) is 19.2. The van der Waals surface area contributed by atoms with Gasteiger partial charge in [-0.2, -0.15) is 0 Å². The highest BCUT2D eigenvalue weighted by atomic mass is 32.2. The Morgan fingerprint density at radius 2 is 1.97 bits per heavy atom. The van der Waals surface area contributed by atoms with Gasteiger partial charge in [-0.25, -0.2) is 18.2 Å². The van der Waals surface area contributed by atoms with E-state index in [1.165, 1.54) is 29.5 Å². The predicted octanol–water partition coefficient (Wildman–Crippen LogP) is 3.67. The van der Waals surface area contributed by atoms with Crippen molar-refractivity contribution in [3.63, 3.8) is 0 Å². The highest BCUT2D eigenvalue weighted by Crippen LogP contribution is 2.33. The number of aromatic nitrogens is 2. The van der Waals surface area contributed by atoms with Crippen LogP contribution in [0.15, 0.2) is 50.5 Å². The molecule has 0 fully saturated rings. The Kier molecular flexibility index (Phi) is 4.67. The fourth-order valence-electron chi connectivity index (χ4n) is 3.00. The molecule has 0 amide bonds. The number of methoxy groups -OCH3 is 1. The monoisotopic (exact) mass is 431 g/mol. The molecule has 8 nitrogen and oxygen atoms in total. The predicted molar refractivity (Wildman–Crippen MR) is 111 cm³/mol. The second-order valence-corrected chi connectivity index (χ2v) is 9.27. The number of fused-ring (bicyclic) bond motifs is 1. The first-order valence-electron chi connectivity index (χ1n) is 8.55. The van der Waals surface area contributed by atoms with Crippen LogP contribution < -0.4 is 15.2 Å². The van der Waals surface area contributed by atoms with Gasteiger partial charge >= 0.3 is 5.76 Å². The van der Waals surface area contributed by atoms with Crippen molar-refractivity contribution in [1.82, 2.24) is 9.97 Å². The maximum atomic E-state index is 12.8. The molecule has 0 saturated heterocycles. The van der Waals surface area contributed by atoms with Crippen LogP contribution in [0.4, 0.5) is 5.13 Å². The van der Waals surface area contributed by atoms with E-state index < -0.39 is 15.8 Å². The topological polar surface area (TPSA) is 114 Å². The fraction of sp³-hybridized carbons (Fsp3) is 0.158. The minimum atomic E-state index is -3.90. The van der Waals surface area contributed by atoms with Crippen LogP contribution in [0, 0.1) is 13.8 Å². The van der Waals surface area contributed by atoms with E-state index >= 15 is 0 Å². The zero-order valence-electron chi connectivity index (χ0n) is 15.8. The molecule has 0 aliphatic carbocycles. The van der Waals surface area contributed by atoms with Crippen molar-refractivity contribution in [3.05, 3.63) is 57.4 Å². The SMILES string of the molecule is COc1ccc(-c2nc(NS(=O)(=O)c3ccc4[nH]c(=O)oc4c3)sc2C)cc1C. The second kappa shape index (κ2) is 7.05. The Labute approximate surface area is 170 Å². The number of H-pyrrole nitrogens is 1. The molecule has 2 aromatic heterocycles. The van der Waals surface area contributed by atoms with Crippen LogP contribution >= 0.6 is 11.3 Å². The van der Waals surface area contributed by atoms with Crippen LogP contribution in [0.3, 0.4) is 0 Å². The number of nitrogens with zero attached hydrogens (tertiary/aromatic N) is 1. The lowest BCUT2D eigenvalue weighted by atomic mass is 10.1. The van der Waals surface area contributed by atoms with E-state index in [0.29, 0.717) is 11.2 Å². The summed E-state index contributed by atoms with van der Waals surface area (Å²) in [5, 5.41) is 0.251. The Morgan fingerprint density at radius 3 is 2.69 bits per heavy atom. The van der Waals surface area contributed by atoms with Gasteiger partial charge in [0.1, 0.15) is 5.75 Å². The average molecular weight is 431 g/mol. The number of aryl methyl sites for hydroxylation is 2. The minimum absolute atomic E-state index is 0.0255. The normalized spacial score (nSPS) is 11.7. The van der Waals surface area contributed by atoms with Crippen molar-refractivity contribution in [3.8, 4) is 17.0 Å². The number of sulfonamides is 1. The van der Waals surface area contributed by atoms with E-state index in [0.717, 1.165) is 21.8 Å². The molecule has 0 bridgehead atoms. The fourth-order valence-corrected chi connectivity index (χ4v) is 5.09. The van der Waals surface area contributed by atoms with Crippen LogP contribution in [0.25, 0.3) is 22.4 Å². The van der Waals surface area contributed by atoms with Crippen molar-refractivity contribution in [2.24, 2.45) is 0 Å². The van der Waals surface area contributed by atoms with Crippen LogP contribution in [-0.4, -0.2) is 25.5 Å². The molecule has 2 N–H and O–H groups in total. The summed E-state index contributed by atoms with van der Waals surface area (Å²) in [5.74, 6) is 0.131. The third-order valence-corrected chi connectivity index (χ3v) is 6.74. The molecule has 10 heteroatoms. The number of aromatic amines is 1. The lowest BCUT2D eigenvalue weighted by molar-refractivity contribution is 0.412. The molecule has 0 saturated carbocycles. The lowest BCUT2D eigenvalue weighted by Crippen LogP contribution is -2.12. The standard InChI is InChI=1S/C19H17N3O5S2/c1-10-8-12(4-7-15(10)26-3)17-11(2)28-18(21-17)22-29(24,25)13-5-6-14-16(9-13)27-19(23)20-14/h4-9H,1-3H3,(H,20,23)(H,21,22). The average Bonchev–Trinajstić information content (AvgIpc) is 3.21. The zero-order valence-corrected chi connectivity index (χ0v) is 17.4. The molecule has 2 aromatic carbocycles. The van der Waals surface area contributed by atoms with Gasteiger partial charge in [0.25, 0.3) is 10.0 Å². The van der Waals surface area contributed by atoms with Crippen LogP contribution in [0.2, 0.25) is 0 Å². The first-order chi connectivity index (χ1) is 13.8. The number of hydrogen-bond acceptors (Lipinski definition) is 7. The molecule has 0 unspecified atom stereocenters. The summed E-state index contributed by atoms with van der Waals surface area (Å²) in [5.41, 5.74) is 3.13. The van der Waals surface area contributed by atoms with Gasteiger partial charge in [-0.1, -0.05) is 0 Å². The molecule has 150 valence electrons. The summed E-state index contributed by atoms with van der Waals surface area (Å²) >= 11 is 1.24. The van der Waals surface area contributed by atoms with Crippen LogP contribution in [0.1, 0.15) is 10.4 Å². The Bertz CT molecular complexity index is 1380. The summed E-state index contributed by atoms with van der Waals surface area (Å²) in [7, 11) is -2.29. The van der Waals surface area contributed by atoms with Crippen LogP contribution in [-0.2, 0) is 10.0 Å². The zero-order chi connectivity index (χ0) is 20.8. The van der Waals surface area contributed by atoms with Gasteiger partial charge < -0.3 is 9.15 Å². The highest BCUT2D eigenvalue weighted by Gasteiger charge is 2.20. The Balaban J connectivity index is 1.66. The van der Waals surface area contributed by atoms with E-state index in [4.69, 9.17) is 9.15 Å². The van der Waals surface area contributed by atoms with Gasteiger partial charge in [0.2, 0.25) is 0 Å². The van der Waals surface area contributed by atoms with E-state index in [1.807, 2.05) is 32.0 Å². The summed E-state index contributed by atoms with van der Waals surface area (Å²) < 4.78 is 38.2. The van der Waals surface area contributed by atoms with Crippen LogP contribution in [0.5, 0.6) is 5.75 Å². The third kappa shape index (κ3) is 3.64. The Morgan fingerprint density at radius 1 is 1.17 bits per heavy atom. The molecule has 0 atom stereocenters. The van der Waals surface area contributed by atoms with Gasteiger partial charge in [0.15, 0.2) is 10.7 Å². The maximum Gasteiger partial charge on any atom is 0.417 e. The van der Waals surface area contributed by atoms with Crippen molar-refractivity contribution in [2.45, 2.75) is 18.7 Å². The molecule has 2 heterocycles. The molecular formula is C19H17N3O5S2. The smallest absolute Gasteiger partial charge is 0.417 e. The summed E-state index contributed by atoms with van der Waals surface area (Å²) in [6, 6.07) is 9.85. The van der Waals surface area contributed by atoms with Crippen molar-refractivity contribution in [1.29, 1.82) is 0 Å². The van der Waals surface area contributed by atoms with Gasteiger partial charge in [-0.15, -0.1) is 11.3 Å². The largest absolute Gasteiger partial charge is 0.496 e. The number of hydrogen-bond donors (Lipinski definition) is 2. The molecular weight excluding hydrogens is 414 g/mol. The summed E-state index contributed by atoms with van der Waals surface area (Å²) in [6.45, 7) is 3.81. The number of nitrogens with one attached hydrogen (secondary N) is 2. The lowest BCUT2D eigenvalue weighted by Gasteiger charge is -2.06. The van der Waals surface area contributed by atoms with Gasteiger partial charge in [0.05, 0.1) is 23.2 Å². The van der Waals surface area contributed by atoms with E-state index in [2.05, 4.69) is 14.7 Å². The van der Waals surface area contributed by atoms with E-state index in [1.54, 1.807) is 7.11 Å². The Hall–Kier alpha value is -3.11. The van der Waals surface area contributed by atoms with Gasteiger partial charge in [-0.05, 0) is 49.7 Å². The molecule has 4 aromatic rings. The van der Waals surface area contributed by atoms with Gasteiger partial charge in [-0.3, -0.25) is 9.71 Å². The number of thiazole rings is 1. The highest BCUT2D eigenvalue weighted by molar-refractivity contribution is 7.93. The van der Waals surface area contributed by atoms with Crippen molar-refractivity contribution >= 4 is 37.6 Å². The minimum Gasteiger partial charge on any atom is -0.496 e.